The van der Waals surface area contributed by atoms with Gasteiger partial charge in [-0.1, -0.05) is 54.1 Å². The van der Waals surface area contributed by atoms with Crippen molar-refractivity contribution in [2.75, 3.05) is 39.4 Å². The highest BCUT2D eigenvalue weighted by atomic mass is 35.5. The first kappa shape index (κ1) is 25.7. The molecule has 7 heteroatoms. The minimum Gasteiger partial charge on any atom is -0.489 e. The Kier molecular flexibility index (Phi) is 10.9. The van der Waals surface area contributed by atoms with Crippen molar-refractivity contribution >= 4 is 47.2 Å². The van der Waals surface area contributed by atoms with Crippen molar-refractivity contribution in [3.05, 3.63) is 76.8 Å². The number of ether oxygens (including phenoxy) is 2. The summed E-state index contributed by atoms with van der Waals surface area (Å²) >= 11 is 5.99. The summed E-state index contributed by atoms with van der Waals surface area (Å²) < 4.78 is 11.6. The van der Waals surface area contributed by atoms with E-state index in [1.165, 1.54) is 16.3 Å². The van der Waals surface area contributed by atoms with Crippen LogP contribution in [0.3, 0.4) is 0 Å². The SMILES string of the molecule is Cl.Cl.Clc1ccc(COc2ccc3ccccc3c2CNCCN2CCOCC2)cc1. The van der Waals surface area contributed by atoms with E-state index >= 15 is 0 Å². The molecule has 3 aromatic carbocycles. The van der Waals surface area contributed by atoms with Crippen molar-refractivity contribution in [1.82, 2.24) is 10.2 Å². The third kappa shape index (κ3) is 7.25. The largest absolute Gasteiger partial charge is 0.489 e. The Morgan fingerprint density at radius 1 is 0.935 bits per heavy atom. The zero-order valence-electron chi connectivity index (χ0n) is 17.4. The van der Waals surface area contributed by atoms with E-state index in [1.54, 1.807) is 0 Å². The summed E-state index contributed by atoms with van der Waals surface area (Å²) in [5, 5.41) is 6.82. The molecule has 0 radical (unpaired) electrons. The van der Waals surface area contributed by atoms with Gasteiger partial charge >= 0.3 is 0 Å². The van der Waals surface area contributed by atoms with E-state index in [1.807, 2.05) is 24.3 Å². The van der Waals surface area contributed by atoms with Crippen molar-refractivity contribution in [2.45, 2.75) is 13.2 Å². The average Bonchev–Trinajstić information content (AvgIpc) is 2.77. The lowest BCUT2D eigenvalue weighted by atomic mass is 10.0. The van der Waals surface area contributed by atoms with E-state index in [4.69, 9.17) is 21.1 Å². The molecular formula is C24H29Cl3N2O2. The first-order valence-corrected chi connectivity index (χ1v) is 10.6. The summed E-state index contributed by atoms with van der Waals surface area (Å²) in [7, 11) is 0. The summed E-state index contributed by atoms with van der Waals surface area (Å²) in [6.07, 6.45) is 0. The molecule has 0 atom stereocenters. The average molecular weight is 484 g/mol. The van der Waals surface area contributed by atoms with Crippen LogP contribution in [0.1, 0.15) is 11.1 Å². The predicted molar refractivity (Wildman–Crippen MR) is 133 cm³/mol. The molecule has 3 aromatic rings. The van der Waals surface area contributed by atoms with Crippen LogP contribution in [-0.4, -0.2) is 44.3 Å². The minimum atomic E-state index is 0. The smallest absolute Gasteiger partial charge is 0.124 e. The lowest BCUT2D eigenvalue weighted by Crippen LogP contribution is -2.40. The molecule has 0 amide bonds. The molecule has 0 unspecified atom stereocenters. The van der Waals surface area contributed by atoms with Crippen LogP contribution in [-0.2, 0) is 17.9 Å². The Balaban J connectivity index is 0.00000171. The Morgan fingerprint density at radius 2 is 1.68 bits per heavy atom. The minimum absolute atomic E-state index is 0. The van der Waals surface area contributed by atoms with Gasteiger partial charge in [0.2, 0.25) is 0 Å². The van der Waals surface area contributed by atoms with Crippen molar-refractivity contribution in [3.63, 3.8) is 0 Å². The Morgan fingerprint density at radius 3 is 2.45 bits per heavy atom. The highest BCUT2D eigenvalue weighted by Gasteiger charge is 2.11. The number of nitrogens with one attached hydrogen (secondary N) is 1. The Hall–Kier alpha value is -1.53. The van der Waals surface area contributed by atoms with E-state index < -0.39 is 0 Å². The van der Waals surface area contributed by atoms with Crippen LogP contribution in [0.2, 0.25) is 5.02 Å². The van der Waals surface area contributed by atoms with Crippen LogP contribution in [0.4, 0.5) is 0 Å². The molecule has 1 aliphatic heterocycles. The third-order valence-electron chi connectivity index (χ3n) is 5.32. The number of morpholine rings is 1. The van der Waals surface area contributed by atoms with Gasteiger partial charge in [-0.2, -0.15) is 0 Å². The monoisotopic (exact) mass is 482 g/mol. The molecule has 4 nitrogen and oxygen atoms in total. The molecule has 0 saturated carbocycles. The molecule has 1 saturated heterocycles. The maximum atomic E-state index is 6.21. The first-order chi connectivity index (χ1) is 14.3. The van der Waals surface area contributed by atoms with Gasteiger partial charge in [-0.15, -0.1) is 24.8 Å². The van der Waals surface area contributed by atoms with Crippen LogP contribution >= 0.6 is 36.4 Å². The summed E-state index contributed by atoms with van der Waals surface area (Å²) in [6, 6.07) is 20.5. The third-order valence-corrected chi connectivity index (χ3v) is 5.57. The van der Waals surface area contributed by atoms with Crippen LogP contribution in [0.15, 0.2) is 60.7 Å². The number of hydrogen-bond donors (Lipinski definition) is 1. The van der Waals surface area contributed by atoms with Gasteiger partial charge in [-0.25, -0.2) is 0 Å². The molecule has 1 fully saturated rings. The number of nitrogens with zero attached hydrogens (tertiary/aromatic N) is 1. The van der Waals surface area contributed by atoms with Crippen LogP contribution in [0.25, 0.3) is 10.8 Å². The van der Waals surface area contributed by atoms with Gasteiger partial charge in [0.05, 0.1) is 13.2 Å². The highest BCUT2D eigenvalue weighted by molar-refractivity contribution is 6.30. The molecule has 0 spiro atoms. The summed E-state index contributed by atoms with van der Waals surface area (Å²) in [5.74, 6) is 0.928. The van der Waals surface area contributed by atoms with E-state index in [-0.39, 0.29) is 24.8 Å². The quantitative estimate of drug-likeness (QED) is 0.439. The highest BCUT2D eigenvalue weighted by Crippen LogP contribution is 2.29. The van der Waals surface area contributed by atoms with E-state index in [0.717, 1.165) is 62.3 Å². The van der Waals surface area contributed by atoms with E-state index in [2.05, 4.69) is 46.6 Å². The molecular weight excluding hydrogens is 455 g/mol. The fourth-order valence-electron chi connectivity index (χ4n) is 3.65. The number of rotatable bonds is 8. The Labute approximate surface area is 201 Å². The topological polar surface area (TPSA) is 33.7 Å². The van der Waals surface area contributed by atoms with Crippen LogP contribution < -0.4 is 10.1 Å². The van der Waals surface area contributed by atoms with Gasteiger partial charge in [0, 0.05) is 43.3 Å². The lowest BCUT2D eigenvalue weighted by molar-refractivity contribution is 0.0384. The van der Waals surface area contributed by atoms with Gasteiger partial charge in [-0.3, -0.25) is 4.90 Å². The van der Waals surface area contributed by atoms with Crippen molar-refractivity contribution in [2.24, 2.45) is 0 Å². The second-order valence-electron chi connectivity index (χ2n) is 7.31. The zero-order valence-corrected chi connectivity index (χ0v) is 19.8. The fraction of sp³-hybridized carbons (Fsp3) is 0.333. The van der Waals surface area contributed by atoms with Gasteiger partial charge < -0.3 is 14.8 Å². The second kappa shape index (κ2) is 13.1. The number of fused-ring (bicyclic) bond motifs is 1. The number of halogens is 3. The maximum Gasteiger partial charge on any atom is 0.124 e. The van der Waals surface area contributed by atoms with Crippen molar-refractivity contribution < 1.29 is 9.47 Å². The van der Waals surface area contributed by atoms with Crippen molar-refractivity contribution in [3.8, 4) is 5.75 Å². The molecule has 4 rings (SSSR count). The van der Waals surface area contributed by atoms with E-state index in [0.29, 0.717) is 6.61 Å². The van der Waals surface area contributed by atoms with Gasteiger partial charge in [-0.05, 0) is 34.5 Å². The zero-order chi connectivity index (χ0) is 19.9. The van der Waals surface area contributed by atoms with Gasteiger partial charge in [0.15, 0.2) is 0 Å². The van der Waals surface area contributed by atoms with E-state index in [9.17, 15) is 0 Å². The normalized spacial score (nSPS) is 14.0. The number of benzene rings is 3. The maximum absolute atomic E-state index is 6.21. The molecule has 31 heavy (non-hydrogen) atoms. The van der Waals surface area contributed by atoms with Gasteiger partial charge in [0.25, 0.3) is 0 Å². The molecule has 1 N–H and O–H groups in total. The molecule has 0 aliphatic carbocycles. The second-order valence-corrected chi connectivity index (χ2v) is 7.75. The molecule has 0 bridgehead atoms. The standard InChI is InChI=1S/C24H27ClN2O2.2ClH/c25-21-8-5-19(6-9-21)18-29-24-10-7-20-3-1-2-4-22(20)23(24)17-26-11-12-27-13-15-28-16-14-27;;/h1-10,26H,11-18H2;2*1H. The molecule has 168 valence electrons. The summed E-state index contributed by atoms with van der Waals surface area (Å²) in [4.78, 5) is 2.44. The summed E-state index contributed by atoms with van der Waals surface area (Å²) in [5.41, 5.74) is 2.31. The Bertz CT molecular complexity index is 932. The van der Waals surface area contributed by atoms with Gasteiger partial charge in [0.1, 0.15) is 12.4 Å². The van der Waals surface area contributed by atoms with Crippen LogP contribution in [0, 0.1) is 0 Å². The van der Waals surface area contributed by atoms with Crippen LogP contribution in [0.5, 0.6) is 5.75 Å². The fourth-order valence-corrected chi connectivity index (χ4v) is 3.78. The molecule has 0 aromatic heterocycles. The predicted octanol–water partition coefficient (Wildman–Crippen LogP) is 5.34. The molecule has 1 heterocycles. The lowest BCUT2D eigenvalue weighted by Gasteiger charge is -2.26. The first-order valence-electron chi connectivity index (χ1n) is 10.2. The number of hydrogen-bond acceptors (Lipinski definition) is 4. The summed E-state index contributed by atoms with van der Waals surface area (Å²) in [6.45, 7) is 7.00. The van der Waals surface area contributed by atoms with Crippen molar-refractivity contribution in [1.29, 1.82) is 0 Å². The molecule has 1 aliphatic rings.